The van der Waals surface area contributed by atoms with E-state index in [2.05, 4.69) is 4.98 Å². The van der Waals surface area contributed by atoms with Crippen LogP contribution in [0.25, 0.3) is 11.3 Å². The predicted molar refractivity (Wildman–Crippen MR) is 76.7 cm³/mol. The van der Waals surface area contributed by atoms with Crippen LogP contribution in [0.1, 0.15) is 24.3 Å². The molecule has 1 heterocycles. The molecule has 0 atom stereocenters. The SMILES string of the molecule is CC(C)Oc1ccc(F)c(-c2nc(C(=O)O)c(N)cc2F)c1F. The van der Waals surface area contributed by atoms with E-state index in [9.17, 15) is 18.0 Å². The molecule has 0 unspecified atom stereocenters. The van der Waals surface area contributed by atoms with Crippen LogP contribution in [0, 0.1) is 17.5 Å². The number of halogens is 3. The Hall–Kier alpha value is -2.77. The van der Waals surface area contributed by atoms with E-state index < -0.39 is 52.2 Å². The third-order valence-corrected chi connectivity index (χ3v) is 2.86. The highest BCUT2D eigenvalue weighted by Gasteiger charge is 2.24. The first-order valence-electron chi connectivity index (χ1n) is 6.56. The second kappa shape index (κ2) is 6.15. The van der Waals surface area contributed by atoms with Crippen LogP contribution in [-0.2, 0) is 0 Å². The maximum absolute atomic E-state index is 14.4. The average molecular weight is 326 g/mol. The quantitative estimate of drug-likeness (QED) is 0.901. The number of benzene rings is 1. The van der Waals surface area contributed by atoms with Crippen molar-refractivity contribution in [1.82, 2.24) is 4.98 Å². The van der Waals surface area contributed by atoms with Gasteiger partial charge in [-0.2, -0.15) is 0 Å². The van der Waals surface area contributed by atoms with E-state index in [1.165, 1.54) is 0 Å². The van der Waals surface area contributed by atoms with Crippen LogP contribution >= 0.6 is 0 Å². The van der Waals surface area contributed by atoms with Crippen molar-refractivity contribution in [3.8, 4) is 17.0 Å². The van der Waals surface area contributed by atoms with E-state index in [-0.39, 0.29) is 5.75 Å². The number of nitrogens with two attached hydrogens (primary N) is 1. The lowest BCUT2D eigenvalue weighted by molar-refractivity contribution is 0.0692. The monoisotopic (exact) mass is 326 g/mol. The van der Waals surface area contributed by atoms with Crippen LogP contribution in [0.3, 0.4) is 0 Å². The van der Waals surface area contributed by atoms with Gasteiger partial charge in [0, 0.05) is 6.07 Å². The molecule has 122 valence electrons. The van der Waals surface area contributed by atoms with Crippen molar-refractivity contribution < 1.29 is 27.8 Å². The van der Waals surface area contributed by atoms with E-state index in [1.807, 2.05) is 0 Å². The number of nitrogen functional groups attached to an aromatic ring is 1. The van der Waals surface area contributed by atoms with E-state index in [4.69, 9.17) is 15.6 Å². The summed E-state index contributed by atoms with van der Waals surface area (Å²) in [6, 6.07) is 2.59. The Balaban J connectivity index is 2.71. The molecule has 0 aliphatic heterocycles. The van der Waals surface area contributed by atoms with Gasteiger partial charge < -0.3 is 15.6 Å². The lowest BCUT2D eigenvalue weighted by atomic mass is 10.1. The van der Waals surface area contributed by atoms with Gasteiger partial charge in [0.1, 0.15) is 11.5 Å². The Morgan fingerprint density at radius 1 is 1.26 bits per heavy atom. The number of aromatic carboxylic acids is 1. The second-order valence-corrected chi connectivity index (χ2v) is 4.96. The molecule has 0 amide bonds. The summed E-state index contributed by atoms with van der Waals surface area (Å²) in [5.74, 6) is -5.27. The van der Waals surface area contributed by atoms with Crippen LogP contribution < -0.4 is 10.5 Å². The number of carboxylic acids is 1. The van der Waals surface area contributed by atoms with Crippen molar-refractivity contribution in [1.29, 1.82) is 0 Å². The smallest absolute Gasteiger partial charge is 0.356 e. The Labute approximate surface area is 129 Å². The lowest BCUT2D eigenvalue weighted by Crippen LogP contribution is -2.11. The molecule has 0 fully saturated rings. The van der Waals surface area contributed by atoms with E-state index >= 15 is 0 Å². The summed E-state index contributed by atoms with van der Waals surface area (Å²) in [5.41, 5.74) is 2.59. The highest BCUT2D eigenvalue weighted by atomic mass is 19.1. The minimum absolute atomic E-state index is 0.300. The number of rotatable bonds is 4. The maximum atomic E-state index is 14.4. The Kier molecular flexibility index (Phi) is 4.44. The normalized spacial score (nSPS) is 10.9. The number of carboxylic acid groups (broad SMARTS) is 1. The molecule has 0 spiro atoms. The molecule has 23 heavy (non-hydrogen) atoms. The Bertz CT molecular complexity index is 779. The van der Waals surface area contributed by atoms with Crippen LogP contribution in [0.4, 0.5) is 18.9 Å². The van der Waals surface area contributed by atoms with Crippen LogP contribution in [0.15, 0.2) is 18.2 Å². The van der Waals surface area contributed by atoms with Crippen molar-refractivity contribution in [2.24, 2.45) is 0 Å². The van der Waals surface area contributed by atoms with E-state index in [0.717, 1.165) is 12.1 Å². The summed E-state index contributed by atoms with van der Waals surface area (Å²) in [4.78, 5) is 14.5. The fourth-order valence-electron chi connectivity index (χ4n) is 1.95. The molecule has 0 aliphatic carbocycles. The van der Waals surface area contributed by atoms with Crippen molar-refractivity contribution in [2.45, 2.75) is 20.0 Å². The standard InChI is InChI=1S/C15H13F3N2O3/c1-6(2)23-10-4-3-7(16)11(12(10)18)13-8(17)5-9(19)14(20-13)15(21)22/h3-6H,19H2,1-2H3,(H,21,22). The molecule has 0 saturated carbocycles. The summed E-state index contributed by atoms with van der Waals surface area (Å²) in [5, 5.41) is 8.96. The molecule has 0 radical (unpaired) electrons. The zero-order valence-electron chi connectivity index (χ0n) is 12.2. The Morgan fingerprint density at radius 2 is 1.91 bits per heavy atom. The molecule has 1 aromatic carbocycles. The van der Waals surface area contributed by atoms with Gasteiger partial charge in [-0.1, -0.05) is 0 Å². The van der Waals surface area contributed by atoms with E-state index in [0.29, 0.717) is 6.07 Å². The minimum atomic E-state index is -1.54. The summed E-state index contributed by atoms with van der Waals surface area (Å²) >= 11 is 0. The fraction of sp³-hybridized carbons (Fsp3) is 0.200. The van der Waals surface area contributed by atoms with Gasteiger partial charge >= 0.3 is 5.97 Å². The topological polar surface area (TPSA) is 85.4 Å². The number of hydrogen-bond acceptors (Lipinski definition) is 4. The summed E-state index contributed by atoms with van der Waals surface area (Å²) < 4.78 is 47.6. The first-order valence-corrected chi connectivity index (χ1v) is 6.56. The molecule has 0 bridgehead atoms. The van der Waals surface area contributed by atoms with Gasteiger partial charge in [-0.3, -0.25) is 0 Å². The van der Waals surface area contributed by atoms with Crippen LogP contribution in [0.5, 0.6) is 5.75 Å². The number of anilines is 1. The molecular formula is C15H13F3N2O3. The third kappa shape index (κ3) is 3.20. The zero-order valence-corrected chi connectivity index (χ0v) is 12.2. The predicted octanol–water partition coefficient (Wildman–Crippen LogP) is 3.23. The van der Waals surface area contributed by atoms with Crippen molar-refractivity contribution >= 4 is 11.7 Å². The minimum Gasteiger partial charge on any atom is -0.488 e. The molecular weight excluding hydrogens is 313 g/mol. The van der Waals surface area contributed by atoms with Crippen LogP contribution in [-0.4, -0.2) is 22.2 Å². The lowest BCUT2D eigenvalue weighted by Gasteiger charge is -2.14. The van der Waals surface area contributed by atoms with Crippen molar-refractivity contribution in [3.05, 3.63) is 41.3 Å². The van der Waals surface area contributed by atoms with Gasteiger partial charge in [-0.25, -0.2) is 22.9 Å². The third-order valence-electron chi connectivity index (χ3n) is 2.86. The fourth-order valence-corrected chi connectivity index (χ4v) is 1.95. The van der Waals surface area contributed by atoms with E-state index in [1.54, 1.807) is 13.8 Å². The highest BCUT2D eigenvalue weighted by Crippen LogP contribution is 2.33. The molecule has 0 saturated heterocycles. The number of carbonyl (C=O) groups is 1. The zero-order chi connectivity index (χ0) is 17.3. The summed E-state index contributed by atoms with van der Waals surface area (Å²) in [6.45, 7) is 3.26. The summed E-state index contributed by atoms with van der Waals surface area (Å²) in [7, 11) is 0. The van der Waals surface area contributed by atoms with Gasteiger partial charge in [-0.05, 0) is 26.0 Å². The number of aromatic nitrogens is 1. The van der Waals surface area contributed by atoms with Gasteiger partial charge in [0.25, 0.3) is 0 Å². The maximum Gasteiger partial charge on any atom is 0.356 e. The average Bonchev–Trinajstić information content (AvgIpc) is 2.43. The van der Waals surface area contributed by atoms with Gasteiger partial charge in [-0.15, -0.1) is 0 Å². The number of hydrogen-bond donors (Lipinski definition) is 2. The van der Waals surface area contributed by atoms with Crippen LogP contribution in [0.2, 0.25) is 0 Å². The van der Waals surface area contributed by atoms with Crippen molar-refractivity contribution in [2.75, 3.05) is 5.73 Å². The van der Waals surface area contributed by atoms with Gasteiger partial charge in [0.15, 0.2) is 23.1 Å². The molecule has 1 aromatic heterocycles. The number of nitrogens with zero attached hydrogens (tertiary/aromatic N) is 1. The molecule has 0 aliphatic rings. The van der Waals surface area contributed by atoms with Crippen molar-refractivity contribution in [3.63, 3.8) is 0 Å². The van der Waals surface area contributed by atoms with Gasteiger partial charge in [0.05, 0.1) is 17.4 Å². The first kappa shape index (κ1) is 16.6. The largest absolute Gasteiger partial charge is 0.488 e. The number of pyridine rings is 1. The molecule has 2 aromatic rings. The number of ether oxygens (including phenoxy) is 1. The van der Waals surface area contributed by atoms with Gasteiger partial charge in [0.2, 0.25) is 0 Å². The molecule has 3 N–H and O–H groups in total. The molecule has 8 heteroatoms. The highest BCUT2D eigenvalue weighted by molar-refractivity contribution is 5.92. The molecule has 5 nitrogen and oxygen atoms in total. The second-order valence-electron chi connectivity index (χ2n) is 4.96. The molecule has 2 rings (SSSR count). The first-order chi connectivity index (χ1) is 10.7. The summed E-state index contributed by atoms with van der Waals surface area (Å²) in [6.07, 6.45) is -0.401. The Morgan fingerprint density at radius 3 is 2.48 bits per heavy atom.